The summed E-state index contributed by atoms with van der Waals surface area (Å²) in [6, 6.07) is 4.46. The van der Waals surface area contributed by atoms with Gasteiger partial charge in [-0.1, -0.05) is 0 Å². The average Bonchev–Trinajstić information content (AvgIpc) is 2.76. The largest absolute Gasteiger partial charge is 0.477 e. The van der Waals surface area contributed by atoms with Crippen molar-refractivity contribution in [3.8, 4) is 0 Å². The Bertz CT molecular complexity index is 586. The highest BCUT2D eigenvalue weighted by molar-refractivity contribution is 6.03. The predicted octanol–water partition coefficient (Wildman–Crippen LogP) is 1.93. The van der Waals surface area contributed by atoms with Gasteiger partial charge in [-0.25, -0.2) is 9.78 Å². The average molecular weight is 246 g/mol. The number of carbonyl (C=O) groups is 2. The van der Waals surface area contributed by atoms with E-state index in [9.17, 15) is 9.59 Å². The number of aromatic nitrogens is 1. The van der Waals surface area contributed by atoms with E-state index in [0.29, 0.717) is 5.69 Å². The monoisotopic (exact) mass is 246 g/mol. The van der Waals surface area contributed by atoms with Gasteiger partial charge in [0.15, 0.2) is 5.76 Å². The van der Waals surface area contributed by atoms with Crippen molar-refractivity contribution < 1.29 is 19.1 Å². The van der Waals surface area contributed by atoms with Crippen LogP contribution >= 0.6 is 0 Å². The zero-order valence-electron chi connectivity index (χ0n) is 9.51. The maximum Gasteiger partial charge on any atom is 0.354 e. The first-order valence-corrected chi connectivity index (χ1v) is 5.12. The van der Waals surface area contributed by atoms with Gasteiger partial charge >= 0.3 is 5.97 Å². The molecule has 2 heterocycles. The van der Waals surface area contributed by atoms with Gasteiger partial charge in [0, 0.05) is 5.56 Å². The molecule has 0 spiro atoms. The Morgan fingerprint density at radius 3 is 2.61 bits per heavy atom. The number of rotatable bonds is 3. The van der Waals surface area contributed by atoms with Crippen LogP contribution in [0.5, 0.6) is 0 Å². The Kier molecular flexibility index (Phi) is 3.09. The molecule has 18 heavy (non-hydrogen) atoms. The second kappa shape index (κ2) is 4.70. The molecular formula is C12H10N2O4. The minimum atomic E-state index is -1.12. The van der Waals surface area contributed by atoms with Crippen molar-refractivity contribution >= 4 is 17.6 Å². The molecule has 92 valence electrons. The first-order valence-electron chi connectivity index (χ1n) is 5.12. The van der Waals surface area contributed by atoms with Gasteiger partial charge in [0.25, 0.3) is 5.91 Å². The summed E-state index contributed by atoms with van der Waals surface area (Å²) in [5.74, 6) is -1.30. The van der Waals surface area contributed by atoms with Crippen molar-refractivity contribution in [1.82, 2.24) is 4.98 Å². The molecular weight excluding hydrogens is 236 g/mol. The maximum absolute atomic E-state index is 11.8. The van der Waals surface area contributed by atoms with Crippen LogP contribution in [0.3, 0.4) is 0 Å². The van der Waals surface area contributed by atoms with Crippen LogP contribution in [0.25, 0.3) is 0 Å². The number of hydrogen-bond acceptors (Lipinski definition) is 4. The number of carboxylic acid groups (broad SMARTS) is 1. The topological polar surface area (TPSA) is 92.4 Å². The molecule has 0 saturated heterocycles. The fraction of sp³-hybridized carbons (Fsp3) is 0.0833. The van der Waals surface area contributed by atoms with Crippen molar-refractivity contribution in [3.05, 3.63) is 47.7 Å². The number of anilines is 1. The first kappa shape index (κ1) is 11.8. The molecule has 0 bridgehead atoms. The van der Waals surface area contributed by atoms with Crippen molar-refractivity contribution in [1.29, 1.82) is 0 Å². The fourth-order valence-electron chi connectivity index (χ4n) is 1.39. The predicted molar refractivity (Wildman–Crippen MR) is 62.6 cm³/mol. The summed E-state index contributed by atoms with van der Waals surface area (Å²) >= 11 is 0. The van der Waals surface area contributed by atoms with E-state index in [1.807, 2.05) is 0 Å². The molecule has 0 fully saturated rings. The number of furan rings is 1. The number of aryl methyl sites for hydroxylation is 1. The number of carboxylic acids is 1. The van der Waals surface area contributed by atoms with E-state index in [4.69, 9.17) is 9.52 Å². The lowest BCUT2D eigenvalue weighted by molar-refractivity contribution is 0.0690. The van der Waals surface area contributed by atoms with E-state index in [1.54, 1.807) is 13.0 Å². The number of nitrogens with zero attached hydrogens (tertiary/aromatic N) is 1. The smallest absolute Gasteiger partial charge is 0.354 e. The third-order valence-corrected chi connectivity index (χ3v) is 2.31. The molecule has 1 amide bonds. The number of nitrogens with one attached hydrogen (secondary N) is 1. The number of hydrogen-bond donors (Lipinski definition) is 2. The molecule has 0 radical (unpaired) electrons. The van der Waals surface area contributed by atoms with Crippen molar-refractivity contribution in [3.63, 3.8) is 0 Å². The molecule has 2 aromatic rings. The Balaban J connectivity index is 2.13. The Labute approximate surface area is 102 Å². The fourth-order valence-corrected chi connectivity index (χ4v) is 1.39. The van der Waals surface area contributed by atoms with E-state index in [1.165, 1.54) is 24.6 Å². The normalized spacial score (nSPS) is 10.1. The van der Waals surface area contributed by atoms with Gasteiger partial charge in [0.05, 0.1) is 18.1 Å². The SMILES string of the molecule is Cc1ccoc1C(=O)Nc1ccc(C(=O)O)nc1. The van der Waals surface area contributed by atoms with Gasteiger partial charge in [0.1, 0.15) is 5.69 Å². The van der Waals surface area contributed by atoms with Crippen LogP contribution < -0.4 is 5.32 Å². The second-order valence-corrected chi connectivity index (χ2v) is 3.62. The lowest BCUT2D eigenvalue weighted by atomic mass is 10.2. The summed E-state index contributed by atoms with van der Waals surface area (Å²) in [6.45, 7) is 1.75. The lowest BCUT2D eigenvalue weighted by Gasteiger charge is -2.03. The minimum Gasteiger partial charge on any atom is -0.477 e. The van der Waals surface area contributed by atoms with E-state index < -0.39 is 11.9 Å². The summed E-state index contributed by atoms with van der Waals surface area (Å²) in [7, 11) is 0. The molecule has 6 heteroatoms. The maximum atomic E-state index is 11.8. The molecule has 0 unspecified atom stereocenters. The summed E-state index contributed by atoms with van der Waals surface area (Å²) in [6.07, 6.45) is 2.70. The van der Waals surface area contributed by atoms with Gasteiger partial charge in [0.2, 0.25) is 0 Å². The molecule has 0 saturated carbocycles. The number of aromatic carboxylic acids is 1. The molecule has 0 atom stereocenters. The molecule has 0 aliphatic carbocycles. The van der Waals surface area contributed by atoms with Crippen LogP contribution in [0.15, 0.2) is 35.1 Å². The third-order valence-electron chi connectivity index (χ3n) is 2.31. The first-order chi connectivity index (χ1) is 8.58. The standard InChI is InChI=1S/C12H10N2O4/c1-7-4-5-18-10(7)11(15)14-8-2-3-9(12(16)17)13-6-8/h2-6H,1H3,(H,14,15)(H,16,17). The number of carbonyl (C=O) groups excluding carboxylic acids is 1. The highest BCUT2D eigenvalue weighted by Crippen LogP contribution is 2.12. The van der Waals surface area contributed by atoms with Gasteiger partial charge in [-0.15, -0.1) is 0 Å². The van der Waals surface area contributed by atoms with Crippen LogP contribution in [0, 0.1) is 6.92 Å². The summed E-state index contributed by atoms with van der Waals surface area (Å²) in [5, 5.41) is 11.2. The zero-order valence-corrected chi connectivity index (χ0v) is 9.51. The summed E-state index contributed by atoms with van der Waals surface area (Å²) in [5.41, 5.74) is 1.05. The Morgan fingerprint density at radius 1 is 1.33 bits per heavy atom. The van der Waals surface area contributed by atoms with E-state index in [2.05, 4.69) is 10.3 Å². The van der Waals surface area contributed by atoms with Gasteiger partial charge in [-0.3, -0.25) is 4.79 Å². The van der Waals surface area contributed by atoms with Crippen molar-refractivity contribution in [2.45, 2.75) is 6.92 Å². The minimum absolute atomic E-state index is 0.0813. The highest BCUT2D eigenvalue weighted by Gasteiger charge is 2.13. The van der Waals surface area contributed by atoms with Crippen LogP contribution in [0.2, 0.25) is 0 Å². The van der Waals surface area contributed by atoms with Crippen LogP contribution in [0.1, 0.15) is 26.6 Å². The van der Waals surface area contributed by atoms with Crippen LogP contribution in [-0.4, -0.2) is 22.0 Å². The van der Waals surface area contributed by atoms with E-state index in [-0.39, 0.29) is 11.5 Å². The zero-order chi connectivity index (χ0) is 13.1. The van der Waals surface area contributed by atoms with E-state index in [0.717, 1.165) is 5.56 Å². The Morgan fingerprint density at radius 2 is 2.11 bits per heavy atom. The number of amides is 1. The second-order valence-electron chi connectivity index (χ2n) is 3.62. The van der Waals surface area contributed by atoms with Crippen LogP contribution in [-0.2, 0) is 0 Å². The molecule has 0 aliphatic rings. The quantitative estimate of drug-likeness (QED) is 0.863. The lowest BCUT2D eigenvalue weighted by Crippen LogP contribution is -2.12. The molecule has 6 nitrogen and oxygen atoms in total. The molecule has 0 aliphatic heterocycles. The summed E-state index contributed by atoms with van der Waals surface area (Å²) < 4.78 is 5.03. The molecule has 2 rings (SSSR count). The van der Waals surface area contributed by atoms with Crippen molar-refractivity contribution in [2.24, 2.45) is 0 Å². The Hall–Kier alpha value is -2.63. The van der Waals surface area contributed by atoms with Gasteiger partial charge in [-0.2, -0.15) is 0 Å². The van der Waals surface area contributed by atoms with Crippen molar-refractivity contribution in [2.75, 3.05) is 5.32 Å². The van der Waals surface area contributed by atoms with Crippen LogP contribution in [0.4, 0.5) is 5.69 Å². The summed E-state index contributed by atoms with van der Waals surface area (Å²) in [4.78, 5) is 26.1. The molecule has 2 aromatic heterocycles. The van der Waals surface area contributed by atoms with Gasteiger partial charge < -0.3 is 14.8 Å². The highest BCUT2D eigenvalue weighted by atomic mass is 16.4. The van der Waals surface area contributed by atoms with Gasteiger partial charge in [-0.05, 0) is 25.1 Å². The molecule has 0 aromatic carbocycles. The van der Waals surface area contributed by atoms with E-state index >= 15 is 0 Å². The third kappa shape index (κ3) is 2.37. The molecule has 2 N–H and O–H groups in total. The number of pyridine rings is 1.